The summed E-state index contributed by atoms with van der Waals surface area (Å²) < 4.78 is 11.3. The Labute approximate surface area is 194 Å². The van der Waals surface area contributed by atoms with E-state index in [0.717, 1.165) is 23.1 Å². The highest BCUT2D eigenvalue weighted by atomic mass is 16.5. The van der Waals surface area contributed by atoms with E-state index < -0.39 is 0 Å². The van der Waals surface area contributed by atoms with Crippen molar-refractivity contribution in [2.45, 2.75) is 26.7 Å². The van der Waals surface area contributed by atoms with Gasteiger partial charge in [-0.3, -0.25) is 0 Å². The number of hydrogen-bond acceptors (Lipinski definition) is 7. The number of rotatable bonds is 8. The van der Waals surface area contributed by atoms with E-state index in [1.165, 1.54) is 0 Å². The fourth-order valence-electron chi connectivity index (χ4n) is 3.56. The predicted octanol–water partition coefficient (Wildman–Crippen LogP) is 3.63. The standard InChI is InChI=1S/C24H30N6O3/c1-4-14-33-22-16-20-19(15-21(22)32-3)23(27-17-26-20)29-10-12-30(13-11-29)24(31)28-18(5-2)8-6-7-9-25/h5-6,8,15-17H,4,7,10-14H2,1-3H3,(H,28,31)/b8-6-,18-5+. The van der Waals surface area contributed by atoms with Crippen molar-refractivity contribution in [1.82, 2.24) is 20.2 Å². The molecule has 0 atom stereocenters. The number of ether oxygens (including phenoxy) is 2. The Morgan fingerprint density at radius 3 is 2.70 bits per heavy atom. The fraction of sp³-hybridized carbons (Fsp3) is 0.417. The highest BCUT2D eigenvalue weighted by Crippen LogP contribution is 2.35. The van der Waals surface area contributed by atoms with Gasteiger partial charge in [-0.25, -0.2) is 14.8 Å². The van der Waals surface area contributed by atoms with Crippen molar-refractivity contribution in [3.63, 3.8) is 0 Å². The minimum Gasteiger partial charge on any atom is -0.493 e. The Morgan fingerprint density at radius 2 is 2.03 bits per heavy atom. The molecule has 0 aliphatic carbocycles. The Balaban J connectivity index is 1.71. The van der Waals surface area contributed by atoms with Crippen LogP contribution < -0.4 is 19.7 Å². The summed E-state index contributed by atoms with van der Waals surface area (Å²) in [4.78, 5) is 25.5. The number of urea groups is 1. The Bertz CT molecular complexity index is 1070. The molecule has 9 heteroatoms. The third-order valence-corrected chi connectivity index (χ3v) is 5.30. The SMILES string of the molecule is C/C=C(\C=C/CC#N)NC(=O)N1CCN(c2ncnc3cc(OCCC)c(OC)cc23)CC1. The first kappa shape index (κ1) is 23.9. The molecular weight excluding hydrogens is 420 g/mol. The number of nitriles is 1. The summed E-state index contributed by atoms with van der Waals surface area (Å²) in [5.74, 6) is 2.13. The van der Waals surface area contributed by atoms with Crippen LogP contribution in [-0.4, -0.2) is 60.8 Å². The van der Waals surface area contributed by atoms with Crippen LogP contribution in [-0.2, 0) is 0 Å². The van der Waals surface area contributed by atoms with E-state index in [1.54, 1.807) is 36.6 Å². The highest BCUT2D eigenvalue weighted by Gasteiger charge is 2.24. The van der Waals surface area contributed by atoms with Gasteiger partial charge in [-0.05, 0) is 25.5 Å². The van der Waals surface area contributed by atoms with Gasteiger partial charge in [0.15, 0.2) is 11.5 Å². The van der Waals surface area contributed by atoms with E-state index in [9.17, 15) is 4.79 Å². The summed E-state index contributed by atoms with van der Waals surface area (Å²) in [7, 11) is 1.62. The third kappa shape index (κ3) is 5.92. The van der Waals surface area contributed by atoms with Crippen LogP contribution in [0.25, 0.3) is 10.9 Å². The molecule has 1 saturated heterocycles. The van der Waals surface area contributed by atoms with Crippen LogP contribution >= 0.6 is 0 Å². The number of benzene rings is 1. The quantitative estimate of drug-likeness (QED) is 0.613. The topological polar surface area (TPSA) is 104 Å². The van der Waals surface area contributed by atoms with Crippen molar-refractivity contribution in [2.24, 2.45) is 0 Å². The Kier molecular flexibility index (Phi) is 8.47. The van der Waals surface area contributed by atoms with Crippen molar-refractivity contribution in [3.8, 4) is 17.6 Å². The largest absolute Gasteiger partial charge is 0.493 e. The lowest BCUT2D eigenvalue weighted by atomic mass is 10.2. The van der Waals surface area contributed by atoms with Crippen LogP contribution in [0.3, 0.4) is 0 Å². The minimum absolute atomic E-state index is 0.156. The molecule has 1 aromatic carbocycles. The van der Waals surface area contributed by atoms with Gasteiger partial charge in [0, 0.05) is 43.3 Å². The average Bonchev–Trinajstić information content (AvgIpc) is 2.85. The number of piperazine rings is 1. The molecule has 2 amide bonds. The maximum absolute atomic E-state index is 12.7. The van der Waals surface area contributed by atoms with Crippen molar-refractivity contribution < 1.29 is 14.3 Å². The fourth-order valence-corrected chi connectivity index (χ4v) is 3.56. The summed E-state index contributed by atoms with van der Waals surface area (Å²) in [5, 5.41) is 12.4. The summed E-state index contributed by atoms with van der Waals surface area (Å²) in [6, 6.07) is 5.70. The maximum atomic E-state index is 12.7. The normalized spacial score (nSPS) is 14.4. The first-order chi connectivity index (χ1) is 16.1. The monoisotopic (exact) mass is 450 g/mol. The van der Waals surface area contributed by atoms with Gasteiger partial charge >= 0.3 is 6.03 Å². The van der Waals surface area contributed by atoms with Crippen molar-refractivity contribution in [2.75, 3.05) is 44.8 Å². The second kappa shape index (κ2) is 11.7. The molecule has 9 nitrogen and oxygen atoms in total. The van der Waals surface area contributed by atoms with Crippen LogP contribution in [0.2, 0.25) is 0 Å². The second-order valence-corrected chi connectivity index (χ2v) is 7.48. The summed E-state index contributed by atoms with van der Waals surface area (Å²) in [6.45, 7) is 6.91. The molecule has 3 rings (SSSR count). The molecule has 2 heterocycles. The summed E-state index contributed by atoms with van der Waals surface area (Å²) in [5.41, 5.74) is 1.46. The van der Waals surface area contributed by atoms with Gasteiger partial charge in [-0.15, -0.1) is 0 Å². The zero-order valence-corrected chi connectivity index (χ0v) is 19.4. The number of anilines is 1. The van der Waals surface area contributed by atoms with Crippen LogP contribution in [0, 0.1) is 11.3 Å². The molecule has 1 aliphatic heterocycles. The van der Waals surface area contributed by atoms with Crippen molar-refractivity contribution >= 4 is 22.8 Å². The van der Waals surface area contributed by atoms with Gasteiger partial charge in [0.2, 0.25) is 0 Å². The van der Waals surface area contributed by atoms with Crippen molar-refractivity contribution in [3.05, 3.63) is 42.4 Å². The van der Waals surface area contributed by atoms with Crippen molar-refractivity contribution in [1.29, 1.82) is 5.26 Å². The van der Waals surface area contributed by atoms with Gasteiger partial charge in [-0.2, -0.15) is 5.26 Å². The number of carbonyl (C=O) groups is 1. The van der Waals surface area contributed by atoms with E-state index >= 15 is 0 Å². The summed E-state index contributed by atoms with van der Waals surface area (Å²) >= 11 is 0. The van der Waals surface area contributed by atoms with Gasteiger partial charge in [-0.1, -0.05) is 19.1 Å². The van der Waals surface area contributed by atoms with E-state index in [1.807, 2.05) is 25.1 Å². The Morgan fingerprint density at radius 1 is 1.24 bits per heavy atom. The van der Waals surface area contributed by atoms with Gasteiger partial charge < -0.3 is 24.6 Å². The number of fused-ring (bicyclic) bond motifs is 1. The zero-order valence-electron chi connectivity index (χ0n) is 19.4. The Hall–Kier alpha value is -3.80. The van der Waals surface area contributed by atoms with Crippen LogP contribution in [0.4, 0.5) is 10.6 Å². The number of carbonyl (C=O) groups excluding carboxylic acids is 1. The molecule has 1 fully saturated rings. The average molecular weight is 451 g/mol. The zero-order chi connectivity index (χ0) is 23.6. The number of nitrogens with zero attached hydrogens (tertiary/aromatic N) is 5. The molecule has 0 saturated carbocycles. The molecule has 0 spiro atoms. The summed E-state index contributed by atoms with van der Waals surface area (Å²) in [6.07, 6.45) is 8.03. The van der Waals surface area contributed by atoms with E-state index in [0.29, 0.717) is 56.4 Å². The number of aromatic nitrogens is 2. The van der Waals surface area contributed by atoms with Gasteiger partial charge in [0.1, 0.15) is 12.1 Å². The van der Waals surface area contributed by atoms with E-state index in [-0.39, 0.29) is 6.03 Å². The van der Waals surface area contributed by atoms with Gasteiger partial charge in [0.25, 0.3) is 0 Å². The number of hydrogen-bond donors (Lipinski definition) is 1. The molecule has 0 bridgehead atoms. The molecular formula is C24H30N6O3. The molecule has 1 aliphatic rings. The lowest BCUT2D eigenvalue weighted by Crippen LogP contribution is -2.51. The van der Waals surface area contributed by atoms with Crippen LogP contribution in [0.1, 0.15) is 26.7 Å². The lowest BCUT2D eigenvalue weighted by Gasteiger charge is -2.35. The molecule has 2 aromatic rings. The third-order valence-electron chi connectivity index (χ3n) is 5.30. The van der Waals surface area contributed by atoms with E-state index in [2.05, 4.69) is 27.1 Å². The number of methoxy groups -OCH3 is 1. The van der Waals surface area contributed by atoms with Gasteiger partial charge in [0.05, 0.1) is 31.7 Å². The minimum atomic E-state index is -0.156. The lowest BCUT2D eigenvalue weighted by molar-refractivity contribution is 0.197. The van der Waals surface area contributed by atoms with E-state index in [4.69, 9.17) is 14.7 Å². The first-order valence-electron chi connectivity index (χ1n) is 11.1. The number of nitrogens with one attached hydrogen (secondary N) is 1. The molecule has 0 radical (unpaired) electrons. The first-order valence-corrected chi connectivity index (χ1v) is 11.1. The molecule has 174 valence electrons. The molecule has 1 N–H and O–H groups in total. The highest BCUT2D eigenvalue weighted by molar-refractivity contribution is 5.92. The number of allylic oxidation sites excluding steroid dienone is 3. The van der Waals surface area contributed by atoms with Crippen LogP contribution in [0.15, 0.2) is 42.4 Å². The maximum Gasteiger partial charge on any atom is 0.321 e. The number of amides is 2. The predicted molar refractivity (Wildman–Crippen MR) is 127 cm³/mol. The smallest absolute Gasteiger partial charge is 0.321 e. The molecule has 1 aromatic heterocycles. The molecule has 0 unspecified atom stereocenters. The van der Waals surface area contributed by atoms with Crippen LogP contribution in [0.5, 0.6) is 11.5 Å². The molecule has 33 heavy (non-hydrogen) atoms. The second-order valence-electron chi connectivity index (χ2n) is 7.48.